The number of rotatable bonds is 3. The molecule has 1 saturated heterocycles. The Labute approximate surface area is 119 Å². The van der Waals surface area contributed by atoms with Gasteiger partial charge >= 0.3 is 0 Å². The molecule has 0 aliphatic carbocycles. The summed E-state index contributed by atoms with van der Waals surface area (Å²) in [4.78, 5) is 15.9. The fourth-order valence-corrected chi connectivity index (χ4v) is 2.91. The van der Waals surface area contributed by atoms with Crippen LogP contribution in [0.15, 0.2) is 16.7 Å². The third-order valence-electron chi connectivity index (χ3n) is 3.69. The Morgan fingerprint density at radius 1 is 1.68 bits per heavy atom. The van der Waals surface area contributed by atoms with Gasteiger partial charge in [-0.2, -0.15) is 4.39 Å². The summed E-state index contributed by atoms with van der Waals surface area (Å²) in [6.45, 7) is 2.89. The first-order valence-corrected chi connectivity index (χ1v) is 6.93. The molecule has 0 radical (unpaired) electrons. The molecule has 1 aliphatic rings. The van der Waals surface area contributed by atoms with Crippen LogP contribution in [0.4, 0.5) is 8.78 Å². The lowest BCUT2D eigenvalue weighted by Gasteiger charge is -2.41. The number of hydrogen-bond acceptors (Lipinski definition) is 3. The first-order valence-electron chi connectivity index (χ1n) is 6.14. The Balaban J connectivity index is 2.28. The van der Waals surface area contributed by atoms with Crippen LogP contribution in [0.1, 0.15) is 18.9 Å². The predicted molar refractivity (Wildman–Crippen MR) is 71.0 cm³/mol. The van der Waals surface area contributed by atoms with Gasteiger partial charge in [-0.15, -0.1) is 0 Å². The van der Waals surface area contributed by atoms with Crippen molar-refractivity contribution >= 4 is 22.2 Å². The van der Waals surface area contributed by atoms with E-state index in [2.05, 4.69) is 20.9 Å². The summed E-state index contributed by atoms with van der Waals surface area (Å²) >= 11 is 3.19. The minimum absolute atomic E-state index is 0.000119. The molecular formula is C13H15BrF2N2O. The lowest BCUT2D eigenvalue weighted by molar-refractivity contribution is -0.110. The number of aldehydes is 1. The molecule has 0 amide bonds. The number of halogens is 3. The highest BCUT2D eigenvalue weighted by molar-refractivity contribution is 9.10. The molecule has 1 aliphatic heterocycles. The zero-order valence-electron chi connectivity index (χ0n) is 10.6. The normalized spacial score (nSPS) is 28.3. The van der Waals surface area contributed by atoms with E-state index < -0.39 is 17.5 Å². The first-order chi connectivity index (χ1) is 8.97. The Hall–Kier alpha value is -0.880. The molecule has 0 spiro atoms. The third kappa shape index (κ3) is 2.84. The monoisotopic (exact) mass is 332 g/mol. The molecule has 6 heteroatoms. The second kappa shape index (κ2) is 5.63. The average molecular weight is 333 g/mol. The smallest absolute Gasteiger partial charge is 0.219 e. The van der Waals surface area contributed by atoms with Crippen molar-refractivity contribution in [1.29, 1.82) is 0 Å². The van der Waals surface area contributed by atoms with Crippen LogP contribution in [0.3, 0.4) is 0 Å². The standard InChI is InChI=1S/C13H15BrF2N2O/c1-9-8-18(4-5-19)3-2-13(9,16)11-6-10(14)7-17-12(11)15/h5-7,9H,2-4,8H2,1H3. The summed E-state index contributed by atoms with van der Waals surface area (Å²) in [6, 6.07) is 1.45. The van der Waals surface area contributed by atoms with Crippen molar-refractivity contribution in [1.82, 2.24) is 9.88 Å². The lowest BCUT2D eigenvalue weighted by Crippen LogP contribution is -2.47. The van der Waals surface area contributed by atoms with Crippen molar-refractivity contribution in [2.45, 2.75) is 19.0 Å². The molecule has 2 heterocycles. The highest BCUT2D eigenvalue weighted by Gasteiger charge is 2.44. The quantitative estimate of drug-likeness (QED) is 0.630. The number of hydrogen-bond donors (Lipinski definition) is 0. The fraction of sp³-hybridized carbons (Fsp3) is 0.538. The largest absolute Gasteiger partial charge is 0.302 e. The molecule has 2 unspecified atom stereocenters. The Morgan fingerprint density at radius 3 is 3.05 bits per heavy atom. The number of nitrogens with zero attached hydrogens (tertiary/aromatic N) is 2. The molecule has 1 aromatic heterocycles. The van der Waals surface area contributed by atoms with Crippen molar-refractivity contribution in [2.75, 3.05) is 19.6 Å². The van der Waals surface area contributed by atoms with Crippen LogP contribution in [0.2, 0.25) is 0 Å². The van der Waals surface area contributed by atoms with Crippen molar-refractivity contribution in [3.8, 4) is 0 Å². The molecular weight excluding hydrogens is 318 g/mol. The predicted octanol–water partition coefficient (Wildman–Crippen LogP) is 2.69. The van der Waals surface area contributed by atoms with Crippen molar-refractivity contribution in [3.63, 3.8) is 0 Å². The number of aromatic nitrogens is 1. The van der Waals surface area contributed by atoms with Crippen LogP contribution < -0.4 is 0 Å². The third-order valence-corrected chi connectivity index (χ3v) is 4.12. The van der Waals surface area contributed by atoms with Crippen LogP contribution in [-0.2, 0) is 10.5 Å². The van der Waals surface area contributed by atoms with Gasteiger partial charge < -0.3 is 4.79 Å². The van der Waals surface area contributed by atoms with Gasteiger partial charge in [0.05, 0.1) is 6.54 Å². The summed E-state index contributed by atoms with van der Waals surface area (Å²) < 4.78 is 29.5. The summed E-state index contributed by atoms with van der Waals surface area (Å²) in [5, 5.41) is 0. The van der Waals surface area contributed by atoms with Gasteiger partial charge in [0.2, 0.25) is 5.95 Å². The van der Waals surface area contributed by atoms with Crippen LogP contribution >= 0.6 is 15.9 Å². The van der Waals surface area contributed by atoms with E-state index in [9.17, 15) is 9.18 Å². The van der Waals surface area contributed by atoms with E-state index in [1.165, 1.54) is 12.3 Å². The number of carbonyl (C=O) groups excluding carboxylic acids is 1. The molecule has 104 valence electrons. The minimum atomic E-state index is -1.74. The highest BCUT2D eigenvalue weighted by Crippen LogP contribution is 2.42. The maximum absolute atomic E-state index is 15.1. The molecule has 0 N–H and O–H groups in total. The van der Waals surface area contributed by atoms with Gasteiger partial charge in [0.1, 0.15) is 12.0 Å². The number of piperidine rings is 1. The summed E-state index contributed by atoms with van der Waals surface area (Å²) in [5.74, 6) is -1.16. The molecule has 19 heavy (non-hydrogen) atoms. The number of alkyl halides is 1. The molecule has 1 aromatic rings. The SMILES string of the molecule is CC1CN(CC=O)CCC1(F)c1cc(Br)cnc1F. The maximum Gasteiger partial charge on any atom is 0.219 e. The molecule has 1 fully saturated rings. The first kappa shape index (κ1) is 14.5. The molecule has 0 aromatic carbocycles. The maximum atomic E-state index is 15.1. The van der Waals surface area contributed by atoms with Gasteiger partial charge in [0, 0.05) is 35.2 Å². The Bertz CT molecular complexity index is 486. The van der Waals surface area contributed by atoms with Crippen LogP contribution in [0.25, 0.3) is 0 Å². The molecule has 0 bridgehead atoms. The molecule has 2 atom stereocenters. The van der Waals surface area contributed by atoms with Crippen molar-refractivity contribution in [3.05, 3.63) is 28.2 Å². The van der Waals surface area contributed by atoms with Gasteiger partial charge in [0.15, 0.2) is 0 Å². The van der Waals surface area contributed by atoms with E-state index in [0.717, 1.165) is 6.29 Å². The van der Waals surface area contributed by atoms with Crippen LogP contribution in [0, 0.1) is 11.9 Å². The summed E-state index contributed by atoms with van der Waals surface area (Å²) in [5.41, 5.74) is -1.74. The number of carbonyl (C=O) groups is 1. The second-order valence-corrected chi connectivity index (χ2v) is 5.85. The van der Waals surface area contributed by atoms with Gasteiger partial charge in [-0.3, -0.25) is 4.90 Å². The van der Waals surface area contributed by atoms with Crippen LogP contribution in [-0.4, -0.2) is 35.8 Å². The van der Waals surface area contributed by atoms with Gasteiger partial charge in [-0.1, -0.05) is 6.92 Å². The van der Waals surface area contributed by atoms with Gasteiger partial charge in [0.25, 0.3) is 0 Å². The lowest BCUT2D eigenvalue weighted by atomic mass is 9.79. The van der Waals surface area contributed by atoms with Gasteiger partial charge in [-0.25, -0.2) is 9.37 Å². The highest BCUT2D eigenvalue weighted by atomic mass is 79.9. The summed E-state index contributed by atoms with van der Waals surface area (Å²) in [7, 11) is 0. The number of pyridine rings is 1. The topological polar surface area (TPSA) is 33.2 Å². The van der Waals surface area contributed by atoms with E-state index in [-0.39, 0.29) is 12.0 Å². The molecule has 2 rings (SSSR count). The molecule has 0 saturated carbocycles. The average Bonchev–Trinajstić information content (AvgIpc) is 2.37. The summed E-state index contributed by atoms with van der Waals surface area (Å²) in [6.07, 6.45) is 2.28. The second-order valence-electron chi connectivity index (χ2n) is 4.93. The van der Waals surface area contributed by atoms with E-state index in [1.54, 1.807) is 6.92 Å². The zero-order valence-corrected chi connectivity index (χ0v) is 12.2. The van der Waals surface area contributed by atoms with Gasteiger partial charge in [-0.05, 0) is 28.4 Å². The number of likely N-dealkylation sites (tertiary alicyclic amines) is 1. The van der Waals surface area contributed by atoms with E-state index in [4.69, 9.17) is 0 Å². The Morgan fingerprint density at radius 2 is 2.42 bits per heavy atom. The molecule has 3 nitrogen and oxygen atoms in total. The minimum Gasteiger partial charge on any atom is -0.302 e. The van der Waals surface area contributed by atoms with E-state index >= 15 is 4.39 Å². The fourth-order valence-electron chi connectivity index (χ4n) is 2.58. The van der Waals surface area contributed by atoms with Crippen molar-refractivity contribution in [2.24, 2.45) is 5.92 Å². The van der Waals surface area contributed by atoms with E-state index in [0.29, 0.717) is 24.1 Å². The van der Waals surface area contributed by atoms with E-state index in [1.807, 2.05) is 4.90 Å². The van der Waals surface area contributed by atoms with Crippen LogP contribution in [0.5, 0.6) is 0 Å². The van der Waals surface area contributed by atoms with Crippen molar-refractivity contribution < 1.29 is 13.6 Å². The zero-order chi connectivity index (χ0) is 14.0. The Kier molecular flexibility index (Phi) is 4.30.